The normalized spacial score (nSPS) is 10.7. The van der Waals surface area contributed by atoms with E-state index in [1.807, 2.05) is 30.3 Å². The average molecular weight is 365 g/mol. The highest BCUT2D eigenvalue weighted by molar-refractivity contribution is 5.74. The molecule has 3 aromatic carbocycles. The van der Waals surface area contributed by atoms with Gasteiger partial charge in [0, 0.05) is 17.3 Å². The highest BCUT2D eigenvalue weighted by atomic mass is 19.1. The zero-order valence-corrected chi connectivity index (χ0v) is 13.9. The molecule has 1 aromatic heterocycles. The van der Waals surface area contributed by atoms with Crippen molar-refractivity contribution in [2.24, 2.45) is 0 Å². The zero-order valence-electron chi connectivity index (χ0n) is 13.9. The largest absolute Gasteiger partial charge is 0.507 e. The number of phenols is 1. The van der Waals surface area contributed by atoms with Crippen molar-refractivity contribution in [1.29, 1.82) is 0 Å². The average Bonchev–Trinajstić information content (AvgIpc) is 3.11. The van der Waals surface area contributed by atoms with Crippen LogP contribution in [0.3, 0.4) is 0 Å². The number of nitrogens with one attached hydrogen (secondary N) is 1. The van der Waals surface area contributed by atoms with E-state index in [0.29, 0.717) is 5.56 Å². The Morgan fingerprint density at radius 1 is 0.852 bits per heavy atom. The van der Waals surface area contributed by atoms with Gasteiger partial charge in [-0.3, -0.25) is 0 Å². The first-order valence-corrected chi connectivity index (χ1v) is 8.04. The Morgan fingerprint density at radius 3 is 2.44 bits per heavy atom. The number of benzene rings is 3. The molecule has 27 heavy (non-hydrogen) atoms. The number of hydrogen-bond acceptors (Lipinski definition) is 5. The molecule has 0 aliphatic heterocycles. The summed E-state index contributed by atoms with van der Waals surface area (Å²) in [6.07, 6.45) is 0. The standard InChI is InChI=1S/C20H13F2N3O2/c21-13-7-8-15(17(22)11-13)12-6-9-18(26)16(10-12)19-24-25-20(27-19)23-14-4-2-1-3-5-14/h1-11,26H,(H,23,25). The summed E-state index contributed by atoms with van der Waals surface area (Å²) in [6, 6.07) is 17.1. The third-order valence-electron chi connectivity index (χ3n) is 3.92. The molecule has 0 spiro atoms. The Balaban J connectivity index is 1.68. The van der Waals surface area contributed by atoms with Gasteiger partial charge < -0.3 is 14.8 Å². The summed E-state index contributed by atoms with van der Waals surface area (Å²) in [4.78, 5) is 0. The fourth-order valence-corrected chi connectivity index (χ4v) is 2.63. The molecule has 0 bridgehead atoms. The van der Waals surface area contributed by atoms with Crippen LogP contribution >= 0.6 is 0 Å². The van der Waals surface area contributed by atoms with E-state index in [1.165, 1.54) is 30.3 Å². The molecule has 7 heteroatoms. The summed E-state index contributed by atoms with van der Waals surface area (Å²) >= 11 is 0. The minimum atomic E-state index is -0.705. The first kappa shape index (κ1) is 16.7. The summed E-state index contributed by atoms with van der Waals surface area (Å²) in [5, 5.41) is 20.9. The molecular weight excluding hydrogens is 352 g/mol. The molecule has 0 saturated carbocycles. The monoisotopic (exact) mass is 365 g/mol. The second-order valence-electron chi connectivity index (χ2n) is 5.76. The maximum Gasteiger partial charge on any atom is 0.320 e. The van der Waals surface area contributed by atoms with Gasteiger partial charge in [0.25, 0.3) is 5.89 Å². The summed E-state index contributed by atoms with van der Waals surface area (Å²) in [5.74, 6) is -1.40. The number of aromatic hydroxyl groups is 1. The van der Waals surface area contributed by atoms with Crippen LogP contribution in [-0.4, -0.2) is 15.3 Å². The van der Waals surface area contributed by atoms with Crippen LogP contribution in [0.1, 0.15) is 0 Å². The second-order valence-corrected chi connectivity index (χ2v) is 5.76. The summed E-state index contributed by atoms with van der Waals surface area (Å²) < 4.78 is 32.7. The van der Waals surface area contributed by atoms with E-state index in [2.05, 4.69) is 15.5 Å². The Bertz CT molecular complexity index is 1100. The third kappa shape index (κ3) is 3.48. The van der Waals surface area contributed by atoms with Gasteiger partial charge in [-0.25, -0.2) is 8.78 Å². The van der Waals surface area contributed by atoms with Gasteiger partial charge in [0.15, 0.2) is 0 Å². The molecule has 5 nitrogen and oxygen atoms in total. The van der Waals surface area contributed by atoms with Crippen LogP contribution in [0.15, 0.2) is 71.1 Å². The number of hydrogen-bond donors (Lipinski definition) is 2. The molecule has 0 unspecified atom stereocenters. The van der Waals surface area contributed by atoms with E-state index >= 15 is 0 Å². The van der Waals surface area contributed by atoms with E-state index in [-0.39, 0.29) is 28.8 Å². The van der Waals surface area contributed by atoms with E-state index < -0.39 is 11.6 Å². The molecule has 4 rings (SSSR count). The van der Waals surface area contributed by atoms with Gasteiger partial charge in [-0.15, -0.1) is 5.10 Å². The smallest absolute Gasteiger partial charge is 0.320 e. The molecule has 1 heterocycles. The van der Waals surface area contributed by atoms with Gasteiger partial charge in [0.2, 0.25) is 0 Å². The van der Waals surface area contributed by atoms with Crippen LogP contribution in [0.4, 0.5) is 20.5 Å². The molecule has 0 atom stereocenters. The Labute approximate surface area is 152 Å². The molecule has 0 fully saturated rings. The first-order valence-electron chi connectivity index (χ1n) is 8.04. The van der Waals surface area contributed by atoms with Gasteiger partial charge in [-0.1, -0.05) is 29.4 Å². The Morgan fingerprint density at radius 2 is 1.67 bits per heavy atom. The SMILES string of the molecule is Oc1ccc(-c2ccc(F)cc2F)cc1-c1nnc(Nc2ccccc2)o1. The van der Waals surface area contributed by atoms with Gasteiger partial charge in [-0.2, -0.15) is 0 Å². The van der Waals surface area contributed by atoms with Crippen molar-refractivity contribution >= 4 is 11.7 Å². The number of rotatable bonds is 4. The number of nitrogens with zero attached hydrogens (tertiary/aromatic N) is 2. The zero-order chi connectivity index (χ0) is 18.8. The lowest BCUT2D eigenvalue weighted by atomic mass is 10.0. The van der Waals surface area contributed by atoms with Crippen LogP contribution in [0.25, 0.3) is 22.6 Å². The molecule has 0 aliphatic carbocycles. The van der Waals surface area contributed by atoms with Crippen molar-refractivity contribution in [2.45, 2.75) is 0 Å². The van der Waals surface area contributed by atoms with Crippen molar-refractivity contribution in [2.75, 3.05) is 5.32 Å². The van der Waals surface area contributed by atoms with Gasteiger partial charge in [0.1, 0.15) is 17.4 Å². The van der Waals surface area contributed by atoms with E-state index in [1.54, 1.807) is 0 Å². The number of aromatic nitrogens is 2. The van der Waals surface area contributed by atoms with Crippen LogP contribution in [0, 0.1) is 11.6 Å². The molecule has 0 saturated heterocycles. The van der Waals surface area contributed by atoms with Crippen molar-refractivity contribution in [1.82, 2.24) is 10.2 Å². The number of anilines is 2. The van der Waals surface area contributed by atoms with E-state index in [9.17, 15) is 13.9 Å². The highest BCUT2D eigenvalue weighted by Crippen LogP contribution is 2.34. The molecular formula is C20H13F2N3O2. The Kier molecular flexibility index (Phi) is 4.25. The quantitative estimate of drug-likeness (QED) is 0.524. The maximum atomic E-state index is 14.1. The first-order chi connectivity index (χ1) is 13.1. The molecule has 0 aliphatic rings. The van der Waals surface area contributed by atoms with Crippen LogP contribution in [0.5, 0.6) is 5.75 Å². The maximum absolute atomic E-state index is 14.1. The fourth-order valence-electron chi connectivity index (χ4n) is 2.63. The molecule has 2 N–H and O–H groups in total. The minimum absolute atomic E-state index is 0.0651. The van der Waals surface area contributed by atoms with Crippen LogP contribution in [0.2, 0.25) is 0 Å². The molecule has 0 radical (unpaired) electrons. The van der Waals surface area contributed by atoms with Crippen molar-refractivity contribution in [3.05, 3.63) is 78.4 Å². The van der Waals surface area contributed by atoms with E-state index in [0.717, 1.165) is 11.8 Å². The summed E-state index contributed by atoms with van der Waals surface area (Å²) in [6.45, 7) is 0. The van der Waals surface area contributed by atoms with Gasteiger partial charge >= 0.3 is 6.01 Å². The molecule has 4 aromatic rings. The Hall–Kier alpha value is -3.74. The summed E-state index contributed by atoms with van der Waals surface area (Å²) in [5.41, 5.74) is 1.64. The van der Waals surface area contributed by atoms with E-state index in [4.69, 9.17) is 4.42 Å². The van der Waals surface area contributed by atoms with Gasteiger partial charge in [0.05, 0.1) is 5.56 Å². The predicted molar refractivity (Wildman–Crippen MR) is 96.5 cm³/mol. The lowest BCUT2D eigenvalue weighted by Crippen LogP contribution is -1.88. The second kappa shape index (κ2) is 6.87. The number of phenolic OH excluding ortho intramolecular Hbond substituents is 1. The highest BCUT2D eigenvalue weighted by Gasteiger charge is 2.16. The lowest BCUT2D eigenvalue weighted by molar-refractivity contribution is 0.473. The van der Waals surface area contributed by atoms with Crippen LogP contribution < -0.4 is 5.32 Å². The van der Waals surface area contributed by atoms with Gasteiger partial charge in [-0.05, 0) is 42.0 Å². The molecule has 0 amide bonds. The van der Waals surface area contributed by atoms with Crippen LogP contribution in [-0.2, 0) is 0 Å². The number of para-hydroxylation sites is 1. The predicted octanol–water partition coefficient (Wildman–Crippen LogP) is 5.13. The molecule has 134 valence electrons. The third-order valence-corrected chi connectivity index (χ3v) is 3.92. The topological polar surface area (TPSA) is 71.2 Å². The van der Waals surface area contributed by atoms with Crippen molar-refractivity contribution in [3.8, 4) is 28.3 Å². The summed E-state index contributed by atoms with van der Waals surface area (Å²) in [7, 11) is 0. The number of halogens is 2. The van der Waals surface area contributed by atoms with Crippen molar-refractivity contribution < 1.29 is 18.3 Å². The fraction of sp³-hybridized carbons (Fsp3) is 0. The lowest BCUT2D eigenvalue weighted by Gasteiger charge is -2.07. The minimum Gasteiger partial charge on any atom is -0.507 e. The van der Waals surface area contributed by atoms with Crippen molar-refractivity contribution in [3.63, 3.8) is 0 Å².